The summed E-state index contributed by atoms with van der Waals surface area (Å²) >= 11 is 0. The molecule has 1 saturated heterocycles. The highest BCUT2D eigenvalue weighted by molar-refractivity contribution is 5.79. The molecule has 6 nitrogen and oxygen atoms in total. The topological polar surface area (TPSA) is 95.7 Å². The van der Waals surface area contributed by atoms with Crippen LogP contribution in [0.1, 0.15) is 6.42 Å². The molecule has 6 heteroatoms. The number of nitrogens with one attached hydrogen (secondary N) is 1. The first-order valence-electron chi connectivity index (χ1n) is 4.08. The number of aliphatic hydroxyl groups is 1. The summed E-state index contributed by atoms with van der Waals surface area (Å²) < 4.78 is 0. The highest BCUT2D eigenvalue weighted by Gasteiger charge is 2.27. The Kier molecular flexibility index (Phi) is 3.07. The molecule has 0 aromatic carbocycles. The Morgan fingerprint density at radius 2 is 2.46 bits per heavy atom. The average molecular weight is 187 g/mol. The molecule has 1 rings (SSSR count). The number of nitrogens with two attached hydrogens (primary N) is 1. The normalized spacial score (nSPS) is 22.1. The van der Waals surface area contributed by atoms with Crippen LogP contribution in [0.4, 0.5) is 4.79 Å². The molecule has 1 fully saturated rings. The zero-order chi connectivity index (χ0) is 9.84. The van der Waals surface area contributed by atoms with Gasteiger partial charge in [0.1, 0.15) is 0 Å². The maximum Gasteiger partial charge on any atom is 0.312 e. The Morgan fingerprint density at radius 3 is 2.92 bits per heavy atom. The van der Waals surface area contributed by atoms with Crippen molar-refractivity contribution < 1.29 is 14.7 Å². The minimum absolute atomic E-state index is 0.0845. The van der Waals surface area contributed by atoms with Gasteiger partial charge in [-0.15, -0.1) is 0 Å². The van der Waals surface area contributed by atoms with Crippen molar-refractivity contribution in [1.29, 1.82) is 0 Å². The van der Waals surface area contributed by atoms with Crippen molar-refractivity contribution in [3.8, 4) is 0 Å². The van der Waals surface area contributed by atoms with E-state index >= 15 is 0 Å². The van der Waals surface area contributed by atoms with Gasteiger partial charge in [-0.1, -0.05) is 0 Å². The molecule has 0 radical (unpaired) electrons. The number of β-amino-alcohol motifs (C(OH)–C–C–N with tert-alkyl or cyclic N) is 1. The minimum atomic E-state index is -0.604. The van der Waals surface area contributed by atoms with Crippen LogP contribution in [0.2, 0.25) is 0 Å². The third-order valence-corrected chi connectivity index (χ3v) is 1.88. The molecule has 1 aliphatic rings. The van der Waals surface area contributed by atoms with Crippen molar-refractivity contribution in [1.82, 2.24) is 10.2 Å². The maximum absolute atomic E-state index is 11.1. The molecule has 0 aliphatic carbocycles. The van der Waals surface area contributed by atoms with Crippen LogP contribution in [-0.4, -0.2) is 47.7 Å². The quantitative estimate of drug-likeness (QED) is 0.488. The summed E-state index contributed by atoms with van der Waals surface area (Å²) in [5.41, 5.74) is 4.84. The largest absolute Gasteiger partial charge is 0.391 e. The van der Waals surface area contributed by atoms with Crippen LogP contribution in [0.15, 0.2) is 0 Å². The van der Waals surface area contributed by atoms with Crippen molar-refractivity contribution in [3.63, 3.8) is 0 Å². The number of carbonyl (C=O) groups is 2. The summed E-state index contributed by atoms with van der Waals surface area (Å²) in [7, 11) is 0. The standard InChI is InChI=1S/C7H13N3O3/c8-7(13)9-1-2-10-4-5(11)3-6(10)12/h5,11H,1-4H2,(H3,8,9,13). The van der Waals surface area contributed by atoms with Gasteiger partial charge in [0.15, 0.2) is 0 Å². The molecule has 13 heavy (non-hydrogen) atoms. The van der Waals surface area contributed by atoms with E-state index in [-0.39, 0.29) is 12.3 Å². The van der Waals surface area contributed by atoms with E-state index in [4.69, 9.17) is 10.8 Å². The highest BCUT2D eigenvalue weighted by Crippen LogP contribution is 2.09. The Morgan fingerprint density at radius 1 is 1.77 bits per heavy atom. The highest BCUT2D eigenvalue weighted by atomic mass is 16.3. The molecule has 74 valence electrons. The van der Waals surface area contributed by atoms with Gasteiger partial charge in [-0.05, 0) is 0 Å². The molecule has 1 heterocycles. The van der Waals surface area contributed by atoms with Gasteiger partial charge in [0, 0.05) is 19.6 Å². The number of rotatable bonds is 3. The fourth-order valence-corrected chi connectivity index (χ4v) is 1.28. The number of hydrogen-bond donors (Lipinski definition) is 3. The zero-order valence-corrected chi connectivity index (χ0v) is 7.19. The van der Waals surface area contributed by atoms with Gasteiger partial charge >= 0.3 is 6.03 Å². The van der Waals surface area contributed by atoms with Crippen LogP contribution in [0.3, 0.4) is 0 Å². The van der Waals surface area contributed by atoms with E-state index in [1.165, 1.54) is 4.90 Å². The molecule has 0 aromatic heterocycles. The summed E-state index contributed by atoms with van der Waals surface area (Å²) in [6.07, 6.45) is -0.391. The summed E-state index contributed by atoms with van der Waals surface area (Å²) in [5, 5.41) is 11.5. The second kappa shape index (κ2) is 4.08. The first-order chi connectivity index (χ1) is 6.09. The number of likely N-dealkylation sites (tertiary alicyclic amines) is 1. The van der Waals surface area contributed by atoms with Crippen LogP contribution in [0, 0.1) is 0 Å². The molecular formula is C7H13N3O3. The number of hydrogen-bond acceptors (Lipinski definition) is 3. The lowest BCUT2D eigenvalue weighted by molar-refractivity contribution is -0.127. The van der Waals surface area contributed by atoms with E-state index in [0.29, 0.717) is 19.6 Å². The lowest BCUT2D eigenvalue weighted by atomic mass is 10.3. The number of aliphatic hydroxyl groups excluding tert-OH is 1. The van der Waals surface area contributed by atoms with E-state index < -0.39 is 12.1 Å². The van der Waals surface area contributed by atoms with Crippen molar-refractivity contribution in [2.24, 2.45) is 5.73 Å². The van der Waals surface area contributed by atoms with Gasteiger partial charge in [-0.3, -0.25) is 4.79 Å². The first kappa shape index (κ1) is 9.79. The van der Waals surface area contributed by atoms with Gasteiger partial charge in [0.05, 0.1) is 12.5 Å². The Balaban J connectivity index is 2.22. The molecule has 3 amide bonds. The molecule has 1 aliphatic heterocycles. The summed E-state index contributed by atoms with van der Waals surface area (Å²) in [6.45, 7) is 1.08. The monoisotopic (exact) mass is 187 g/mol. The van der Waals surface area contributed by atoms with E-state index in [1.807, 2.05) is 0 Å². The van der Waals surface area contributed by atoms with Crippen molar-refractivity contribution in [2.45, 2.75) is 12.5 Å². The van der Waals surface area contributed by atoms with Crippen LogP contribution < -0.4 is 11.1 Å². The van der Waals surface area contributed by atoms with Gasteiger partial charge in [0.2, 0.25) is 5.91 Å². The molecule has 0 saturated carbocycles. The van der Waals surface area contributed by atoms with Crippen LogP contribution in [0.5, 0.6) is 0 Å². The second-order valence-corrected chi connectivity index (χ2v) is 2.99. The number of primary amides is 1. The van der Waals surface area contributed by atoms with Crippen LogP contribution in [0.25, 0.3) is 0 Å². The Hall–Kier alpha value is -1.30. The average Bonchev–Trinajstić information content (AvgIpc) is 2.29. The van der Waals surface area contributed by atoms with E-state index in [1.54, 1.807) is 0 Å². The smallest absolute Gasteiger partial charge is 0.312 e. The SMILES string of the molecule is NC(=O)NCCN1CC(O)CC1=O. The lowest BCUT2D eigenvalue weighted by Gasteiger charge is -2.14. The van der Waals surface area contributed by atoms with Crippen LogP contribution >= 0.6 is 0 Å². The van der Waals surface area contributed by atoms with E-state index in [0.717, 1.165) is 0 Å². The number of amides is 3. The number of carbonyl (C=O) groups excluding carboxylic acids is 2. The summed E-state index contributed by atoms with van der Waals surface area (Å²) in [6, 6.07) is -0.604. The molecule has 1 atom stereocenters. The van der Waals surface area contributed by atoms with Gasteiger partial charge < -0.3 is 21.1 Å². The zero-order valence-electron chi connectivity index (χ0n) is 7.19. The molecule has 4 N–H and O–H groups in total. The van der Waals surface area contributed by atoms with Gasteiger partial charge in [-0.25, -0.2) is 4.79 Å². The number of nitrogens with zero attached hydrogens (tertiary/aromatic N) is 1. The molecule has 0 spiro atoms. The number of urea groups is 1. The Bertz CT molecular complexity index is 219. The lowest BCUT2D eigenvalue weighted by Crippen LogP contribution is -2.38. The van der Waals surface area contributed by atoms with E-state index in [2.05, 4.69) is 5.32 Å². The first-order valence-corrected chi connectivity index (χ1v) is 4.08. The summed E-state index contributed by atoms with van der Waals surface area (Å²) in [5.74, 6) is -0.0845. The Labute approximate surface area is 75.7 Å². The van der Waals surface area contributed by atoms with Crippen molar-refractivity contribution in [2.75, 3.05) is 19.6 Å². The molecule has 0 aromatic rings. The second-order valence-electron chi connectivity index (χ2n) is 2.99. The predicted molar refractivity (Wildman–Crippen MR) is 44.8 cm³/mol. The molecule has 1 unspecified atom stereocenters. The van der Waals surface area contributed by atoms with Gasteiger partial charge in [-0.2, -0.15) is 0 Å². The van der Waals surface area contributed by atoms with Gasteiger partial charge in [0.25, 0.3) is 0 Å². The fraction of sp³-hybridized carbons (Fsp3) is 0.714. The van der Waals surface area contributed by atoms with Crippen LogP contribution in [-0.2, 0) is 4.79 Å². The molecular weight excluding hydrogens is 174 g/mol. The van der Waals surface area contributed by atoms with E-state index in [9.17, 15) is 9.59 Å². The minimum Gasteiger partial charge on any atom is -0.391 e. The fourth-order valence-electron chi connectivity index (χ4n) is 1.28. The maximum atomic E-state index is 11.1. The summed E-state index contributed by atoms with van der Waals surface area (Å²) in [4.78, 5) is 22.9. The third-order valence-electron chi connectivity index (χ3n) is 1.88. The third kappa shape index (κ3) is 2.90. The van der Waals surface area contributed by atoms with Crippen molar-refractivity contribution >= 4 is 11.9 Å². The van der Waals surface area contributed by atoms with Crippen molar-refractivity contribution in [3.05, 3.63) is 0 Å². The molecule has 0 bridgehead atoms. The predicted octanol–water partition coefficient (Wildman–Crippen LogP) is -1.75.